The van der Waals surface area contributed by atoms with Gasteiger partial charge in [-0.25, -0.2) is 4.79 Å². The minimum Gasteiger partial charge on any atom is -0.462 e. The zero-order valence-electron chi connectivity index (χ0n) is 12.8. The molecule has 1 atom stereocenters. The largest absolute Gasteiger partial charge is 0.462 e. The van der Waals surface area contributed by atoms with Gasteiger partial charge < -0.3 is 9.57 Å². The monoisotopic (exact) mass is 308 g/mol. The van der Waals surface area contributed by atoms with Gasteiger partial charge in [0.15, 0.2) is 0 Å². The van der Waals surface area contributed by atoms with E-state index in [1.54, 1.807) is 13.8 Å². The maximum Gasteiger partial charge on any atom is 0.339 e. The van der Waals surface area contributed by atoms with Crippen LogP contribution < -0.4 is 0 Å². The lowest BCUT2D eigenvalue weighted by molar-refractivity contribution is -0.758. The van der Waals surface area contributed by atoms with Crippen molar-refractivity contribution in [3.63, 3.8) is 0 Å². The van der Waals surface area contributed by atoms with Crippen LogP contribution in [0.3, 0.4) is 0 Å². The SMILES string of the molecule is CCOC(=O)c1cc2c(nc1C)C(CO[N+](=O)[O-])CCCC2. The van der Waals surface area contributed by atoms with Crippen LogP contribution in [0.2, 0.25) is 0 Å². The van der Waals surface area contributed by atoms with E-state index in [-0.39, 0.29) is 18.5 Å². The Morgan fingerprint density at radius 3 is 2.95 bits per heavy atom. The number of pyridine rings is 1. The zero-order valence-corrected chi connectivity index (χ0v) is 12.8. The number of carbonyl (C=O) groups excluding carboxylic acids is 1. The minimum atomic E-state index is -0.773. The summed E-state index contributed by atoms with van der Waals surface area (Å²) >= 11 is 0. The van der Waals surface area contributed by atoms with Gasteiger partial charge in [0.1, 0.15) is 6.61 Å². The van der Waals surface area contributed by atoms with Gasteiger partial charge in [-0.15, -0.1) is 10.1 Å². The van der Waals surface area contributed by atoms with Gasteiger partial charge in [0.25, 0.3) is 5.09 Å². The molecule has 1 unspecified atom stereocenters. The summed E-state index contributed by atoms with van der Waals surface area (Å²) < 4.78 is 5.04. The van der Waals surface area contributed by atoms with Gasteiger partial charge >= 0.3 is 5.97 Å². The Morgan fingerprint density at radius 2 is 2.27 bits per heavy atom. The molecule has 0 bridgehead atoms. The maximum atomic E-state index is 12.0. The van der Waals surface area contributed by atoms with Gasteiger partial charge in [-0.05, 0) is 44.7 Å². The van der Waals surface area contributed by atoms with Crippen molar-refractivity contribution in [2.45, 2.75) is 45.4 Å². The van der Waals surface area contributed by atoms with E-state index in [4.69, 9.17) is 4.74 Å². The van der Waals surface area contributed by atoms with Crippen LogP contribution in [0.5, 0.6) is 0 Å². The molecule has 1 aromatic rings. The molecule has 2 rings (SSSR count). The number of hydrogen-bond acceptors (Lipinski definition) is 6. The summed E-state index contributed by atoms with van der Waals surface area (Å²) in [6, 6.07) is 1.82. The van der Waals surface area contributed by atoms with Crippen molar-refractivity contribution < 1.29 is 19.5 Å². The fourth-order valence-corrected chi connectivity index (χ4v) is 2.79. The van der Waals surface area contributed by atoms with E-state index in [1.165, 1.54) is 0 Å². The van der Waals surface area contributed by atoms with Crippen molar-refractivity contribution in [2.24, 2.45) is 0 Å². The Bertz CT molecular complexity index is 573. The zero-order chi connectivity index (χ0) is 16.1. The van der Waals surface area contributed by atoms with Gasteiger partial charge in [0, 0.05) is 11.6 Å². The minimum absolute atomic E-state index is 0.00515. The molecular formula is C15H20N2O5. The Hall–Kier alpha value is -2.18. The highest BCUT2D eigenvalue weighted by molar-refractivity contribution is 5.90. The standard InChI is InChI=1S/C15H20N2O5/c1-3-21-15(18)13-8-11-6-4-5-7-12(9-22-17(19)20)14(11)16-10(13)2/h8,12H,3-7,9H2,1-2H3. The molecule has 1 aliphatic rings. The van der Waals surface area contributed by atoms with Crippen molar-refractivity contribution in [3.05, 3.63) is 38.7 Å². The van der Waals surface area contributed by atoms with Crippen LogP contribution in [0.25, 0.3) is 0 Å². The number of fused-ring (bicyclic) bond motifs is 1. The molecule has 1 aromatic heterocycles. The Labute approximate surface area is 128 Å². The number of aromatic nitrogens is 1. The first kappa shape index (κ1) is 16.2. The topological polar surface area (TPSA) is 91.6 Å². The third kappa shape index (κ3) is 3.72. The third-order valence-electron chi connectivity index (χ3n) is 3.84. The van der Waals surface area contributed by atoms with Gasteiger partial charge in [-0.1, -0.05) is 6.42 Å². The second-order valence-electron chi connectivity index (χ2n) is 5.35. The summed E-state index contributed by atoms with van der Waals surface area (Å²) in [5.74, 6) is -0.490. The van der Waals surface area contributed by atoms with E-state index < -0.39 is 5.09 Å². The van der Waals surface area contributed by atoms with Crippen LogP contribution in [-0.2, 0) is 16.0 Å². The summed E-state index contributed by atoms with van der Waals surface area (Å²) in [6.45, 7) is 3.83. The van der Waals surface area contributed by atoms with Gasteiger partial charge in [0.05, 0.1) is 17.9 Å². The fourth-order valence-electron chi connectivity index (χ4n) is 2.79. The fraction of sp³-hybridized carbons (Fsp3) is 0.600. The van der Waals surface area contributed by atoms with Crippen molar-refractivity contribution in [1.29, 1.82) is 0 Å². The molecule has 0 N–H and O–H groups in total. The van der Waals surface area contributed by atoms with E-state index >= 15 is 0 Å². The summed E-state index contributed by atoms with van der Waals surface area (Å²) in [6.07, 6.45) is 3.53. The van der Waals surface area contributed by atoms with Crippen molar-refractivity contribution in [1.82, 2.24) is 4.98 Å². The number of nitrogens with zero attached hydrogens (tertiary/aromatic N) is 2. The van der Waals surface area contributed by atoms with E-state index in [1.807, 2.05) is 6.07 Å². The highest BCUT2D eigenvalue weighted by Crippen LogP contribution is 2.31. The highest BCUT2D eigenvalue weighted by atomic mass is 16.9. The average Bonchev–Trinajstić information content (AvgIpc) is 2.66. The first-order valence-electron chi connectivity index (χ1n) is 7.47. The smallest absolute Gasteiger partial charge is 0.339 e. The molecule has 1 heterocycles. The first-order chi connectivity index (χ1) is 10.5. The normalized spacial score (nSPS) is 17.3. The van der Waals surface area contributed by atoms with Crippen molar-refractivity contribution in [2.75, 3.05) is 13.2 Å². The van der Waals surface area contributed by atoms with E-state index in [9.17, 15) is 14.9 Å². The lowest BCUT2D eigenvalue weighted by Crippen LogP contribution is -2.16. The Balaban J connectivity index is 2.32. The molecule has 7 nitrogen and oxygen atoms in total. The lowest BCUT2D eigenvalue weighted by Gasteiger charge is -2.17. The molecule has 0 amide bonds. The molecule has 0 saturated heterocycles. The molecule has 1 aliphatic carbocycles. The average molecular weight is 308 g/mol. The predicted octanol–water partition coefficient (Wildman–Crippen LogP) is 2.59. The van der Waals surface area contributed by atoms with E-state index in [0.29, 0.717) is 17.9 Å². The van der Waals surface area contributed by atoms with E-state index in [0.717, 1.165) is 36.9 Å². The van der Waals surface area contributed by atoms with Crippen LogP contribution in [0.1, 0.15) is 59.4 Å². The van der Waals surface area contributed by atoms with Crippen molar-refractivity contribution >= 4 is 5.97 Å². The van der Waals surface area contributed by atoms with Gasteiger partial charge in [-0.2, -0.15) is 0 Å². The molecule has 22 heavy (non-hydrogen) atoms. The molecule has 0 radical (unpaired) electrons. The van der Waals surface area contributed by atoms with E-state index in [2.05, 4.69) is 9.82 Å². The highest BCUT2D eigenvalue weighted by Gasteiger charge is 2.24. The number of ether oxygens (including phenoxy) is 1. The number of aryl methyl sites for hydroxylation is 2. The number of rotatable bonds is 5. The van der Waals surface area contributed by atoms with Crippen LogP contribution in [-0.4, -0.2) is 29.3 Å². The second kappa shape index (κ2) is 7.20. The molecule has 0 saturated carbocycles. The van der Waals surface area contributed by atoms with Crippen molar-refractivity contribution in [3.8, 4) is 0 Å². The summed E-state index contributed by atoms with van der Waals surface area (Å²) in [5.41, 5.74) is 2.83. The van der Waals surface area contributed by atoms with Gasteiger partial charge in [0.2, 0.25) is 0 Å². The molecular weight excluding hydrogens is 288 g/mol. The van der Waals surface area contributed by atoms with Crippen LogP contribution in [0.15, 0.2) is 6.07 Å². The maximum absolute atomic E-state index is 12.0. The number of hydrogen-bond donors (Lipinski definition) is 0. The lowest BCUT2D eigenvalue weighted by atomic mass is 9.97. The molecule has 0 aromatic carbocycles. The first-order valence-corrected chi connectivity index (χ1v) is 7.47. The predicted molar refractivity (Wildman–Crippen MR) is 78.2 cm³/mol. The summed E-state index contributed by atoms with van der Waals surface area (Å²) in [5, 5.41) is 9.65. The van der Waals surface area contributed by atoms with Crippen LogP contribution in [0.4, 0.5) is 0 Å². The molecule has 120 valence electrons. The second-order valence-corrected chi connectivity index (χ2v) is 5.35. The van der Waals surface area contributed by atoms with Crippen LogP contribution in [0, 0.1) is 17.0 Å². The van der Waals surface area contributed by atoms with Crippen LogP contribution >= 0.6 is 0 Å². The quantitative estimate of drug-likeness (QED) is 0.359. The molecule has 7 heteroatoms. The third-order valence-corrected chi connectivity index (χ3v) is 3.84. The Morgan fingerprint density at radius 1 is 1.50 bits per heavy atom. The molecule has 0 fully saturated rings. The molecule has 0 aliphatic heterocycles. The number of esters is 1. The Kier molecular flexibility index (Phi) is 5.30. The molecule has 0 spiro atoms. The summed E-state index contributed by atoms with van der Waals surface area (Å²) in [7, 11) is 0. The van der Waals surface area contributed by atoms with Gasteiger partial charge in [-0.3, -0.25) is 4.98 Å². The summed E-state index contributed by atoms with van der Waals surface area (Å²) in [4.78, 5) is 31.5. The number of carbonyl (C=O) groups is 1.